The van der Waals surface area contributed by atoms with Gasteiger partial charge in [-0.25, -0.2) is 9.97 Å². The molecule has 2 aromatic heterocycles. The molecule has 1 aliphatic rings. The molecule has 3 rings (SSSR count). The van der Waals surface area contributed by atoms with E-state index in [2.05, 4.69) is 65.8 Å². The molecule has 5 nitrogen and oxygen atoms in total. The van der Waals surface area contributed by atoms with Gasteiger partial charge in [-0.3, -0.25) is 9.88 Å². The van der Waals surface area contributed by atoms with E-state index in [-0.39, 0.29) is 0 Å². The number of aromatic nitrogens is 3. The van der Waals surface area contributed by atoms with E-state index in [0.29, 0.717) is 0 Å². The molecule has 6 heteroatoms. The van der Waals surface area contributed by atoms with Gasteiger partial charge in [0.1, 0.15) is 11.6 Å². The third-order valence-electron chi connectivity index (χ3n) is 4.11. The zero-order chi connectivity index (χ0) is 16.2. The van der Waals surface area contributed by atoms with E-state index in [4.69, 9.17) is 0 Å². The maximum Gasteiger partial charge on any atom is 0.132 e. The van der Waals surface area contributed by atoms with Crippen molar-refractivity contribution >= 4 is 21.7 Å². The Kier molecular flexibility index (Phi) is 5.23. The molecule has 0 amide bonds. The van der Waals surface area contributed by atoms with Gasteiger partial charge in [0, 0.05) is 55.2 Å². The fourth-order valence-corrected chi connectivity index (χ4v) is 3.05. The number of piperazine rings is 1. The van der Waals surface area contributed by atoms with Gasteiger partial charge in [-0.2, -0.15) is 0 Å². The fraction of sp³-hybridized carbons (Fsp3) is 0.471. The standard InChI is InChI=1S/C17H22BrN5/c1-3-15-10-17(21-13(2)20-15)23-8-6-22(7-9-23)12-16-5-4-14(18)11-19-16/h4-5,10-11H,3,6-9,12H2,1-2H3. The van der Waals surface area contributed by atoms with Gasteiger partial charge < -0.3 is 4.90 Å². The monoisotopic (exact) mass is 375 g/mol. The van der Waals surface area contributed by atoms with Crippen LogP contribution in [0.1, 0.15) is 24.1 Å². The van der Waals surface area contributed by atoms with Crippen LogP contribution in [0.2, 0.25) is 0 Å². The van der Waals surface area contributed by atoms with Crippen molar-refractivity contribution in [1.29, 1.82) is 0 Å². The van der Waals surface area contributed by atoms with Gasteiger partial charge in [0.25, 0.3) is 0 Å². The predicted octanol–water partition coefficient (Wildman–Crippen LogP) is 2.83. The van der Waals surface area contributed by atoms with E-state index in [9.17, 15) is 0 Å². The summed E-state index contributed by atoms with van der Waals surface area (Å²) in [5, 5.41) is 0. The lowest BCUT2D eigenvalue weighted by atomic mass is 10.2. The van der Waals surface area contributed by atoms with Crippen molar-refractivity contribution in [1.82, 2.24) is 19.9 Å². The Labute approximate surface area is 145 Å². The van der Waals surface area contributed by atoms with E-state index >= 15 is 0 Å². The number of hydrogen-bond acceptors (Lipinski definition) is 5. The second-order valence-corrected chi connectivity index (χ2v) is 6.76. The Balaban J connectivity index is 1.60. The zero-order valence-corrected chi connectivity index (χ0v) is 15.3. The molecule has 0 aliphatic carbocycles. The van der Waals surface area contributed by atoms with Gasteiger partial charge >= 0.3 is 0 Å². The van der Waals surface area contributed by atoms with E-state index in [1.54, 1.807) is 0 Å². The van der Waals surface area contributed by atoms with Crippen molar-refractivity contribution in [3.05, 3.63) is 46.1 Å². The molecule has 1 fully saturated rings. The van der Waals surface area contributed by atoms with Crippen molar-refractivity contribution < 1.29 is 0 Å². The maximum absolute atomic E-state index is 4.60. The molecular weight excluding hydrogens is 354 g/mol. The van der Waals surface area contributed by atoms with Crippen LogP contribution >= 0.6 is 15.9 Å². The maximum atomic E-state index is 4.60. The first kappa shape index (κ1) is 16.3. The lowest BCUT2D eigenvalue weighted by Gasteiger charge is -2.35. The molecule has 122 valence electrons. The van der Waals surface area contributed by atoms with Crippen LogP contribution in [0.25, 0.3) is 0 Å². The van der Waals surface area contributed by atoms with Crippen LogP contribution < -0.4 is 4.90 Å². The topological polar surface area (TPSA) is 45.2 Å². The Morgan fingerprint density at radius 2 is 1.87 bits per heavy atom. The Hall–Kier alpha value is -1.53. The third kappa shape index (κ3) is 4.26. The van der Waals surface area contributed by atoms with Crippen LogP contribution in [-0.4, -0.2) is 46.0 Å². The van der Waals surface area contributed by atoms with Crippen molar-refractivity contribution in [3.63, 3.8) is 0 Å². The first-order chi connectivity index (χ1) is 11.1. The van der Waals surface area contributed by atoms with Crippen LogP contribution in [0.3, 0.4) is 0 Å². The first-order valence-corrected chi connectivity index (χ1v) is 8.85. The van der Waals surface area contributed by atoms with Crippen molar-refractivity contribution in [2.24, 2.45) is 0 Å². The highest BCUT2D eigenvalue weighted by Crippen LogP contribution is 2.17. The summed E-state index contributed by atoms with van der Waals surface area (Å²) in [5.74, 6) is 1.93. The lowest BCUT2D eigenvalue weighted by Crippen LogP contribution is -2.46. The SMILES string of the molecule is CCc1cc(N2CCN(Cc3ccc(Br)cn3)CC2)nc(C)n1. The van der Waals surface area contributed by atoms with Crippen LogP contribution in [0.4, 0.5) is 5.82 Å². The summed E-state index contributed by atoms with van der Waals surface area (Å²) in [7, 11) is 0. The second kappa shape index (κ2) is 7.36. The molecule has 1 saturated heterocycles. The average molecular weight is 376 g/mol. The molecule has 0 radical (unpaired) electrons. The summed E-state index contributed by atoms with van der Waals surface area (Å²) in [4.78, 5) is 18.3. The molecule has 0 atom stereocenters. The Morgan fingerprint density at radius 3 is 2.52 bits per heavy atom. The smallest absolute Gasteiger partial charge is 0.132 e. The average Bonchev–Trinajstić information content (AvgIpc) is 2.57. The van der Waals surface area contributed by atoms with Crippen LogP contribution in [0.5, 0.6) is 0 Å². The van der Waals surface area contributed by atoms with E-state index in [1.807, 2.05) is 13.1 Å². The summed E-state index contributed by atoms with van der Waals surface area (Å²) in [6.07, 6.45) is 2.81. The summed E-state index contributed by atoms with van der Waals surface area (Å²) >= 11 is 3.43. The molecule has 23 heavy (non-hydrogen) atoms. The number of nitrogens with zero attached hydrogens (tertiary/aromatic N) is 5. The number of halogens is 1. The van der Waals surface area contributed by atoms with Crippen molar-refractivity contribution in [2.45, 2.75) is 26.8 Å². The minimum atomic E-state index is 0.862. The molecule has 0 bridgehead atoms. The van der Waals surface area contributed by atoms with Gasteiger partial charge in [-0.1, -0.05) is 6.92 Å². The third-order valence-corrected chi connectivity index (χ3v) is 4.58. The number of pyridine rings is 1. The highest BCUT2D eigenvalue weighted by Gasteiger charge is 2.19. The Morgan fingerprint density at radius 1 is 1.09 bits per heavy atom. The highest BCUT2D eigenvalue weighted by atomic mass is 79.9. The number of hydrogen-bond donors (Lipinski definition) is 0. The molecule has 0 spiro atoms. The lowest BCUT2D eigenvalue weighted by molar-refractivity contribution is 0.246. The van der Waals surface area contributed by atoms with Gasteiger partial charge in [0.2, 0.25) is 0 Å². The molecule has 0 N–H and O–H groups in total. The van der Waals surface area contributed by atoms with E-state index < -0.39 is 0 Å². The van der Waals surface area contributed by atoms with Crippen molar-refractivity contribution in [2.75, 3.05) is 31.1 Å². The van der Waals surface area contributed by atoms with Crippen LogP contribution in [-0.2, 0) is 13.0 Å². The summed E-state index contributed by atoms with van der Waals surface area (Å²) < 4.78 is 1.02. The molecule has 0 aromatic carbocycles. The molecule has 0 unspecified atom stereocenters. The normalized spacial score (nSPS) is 15.9. The quantitative estimate of drug-likeness (QED) is 0.821. The van der Waals surface area contributed by atoms with Crippen molar-refractivity contribution in [3.8, 4) is 0 Å². The molecule has 0 saturated carbocycles. The number of anilines is 1. The molecular formula is C17H22BrN5. The minimum absolute atomic E-state index is 0.862. The van der Waals surface area contributed by atoms with Crippen LogP contribution in [0.15, 0.2) is 28.9 Å². The number of aryl methyl sites for hydroxylation is 2. The van der Waals surface area contributed by atoms with Gasteiger partial charge in [0.15, 0.2) is 0 Å². The summed E-state index contributed by atoms with van der Waals surface area (Å²) in [6, 6.07) is 6.26. The predicted molar refractivity (Wildman–Crippen MR) is 95.6 cm³/mol. The Bertz CT molecular complexity index is 651. The van der Waals surface area contributed by atoms with Gasteiger partial charge in [-0.05, 0) is 41.4 Å². The largest absolute Gasteiger partial charge is 0.354 e. The molecule has 3 heterocycles. The molecule has 1 aliphatic heterocycles. The van der Waals surface area contributed by atoms with Crippen LogP contribution in [0, 0.1) is 6.92 Å². The van der Waals surface area contributed by atoms with E-state index in [0.717, 1.165) is 66.6 Å². The fourth-order valence-electron chi connectivity index (χ4n) is 2.82. The second-order valence-electron chi connectivity index (χ2n) is 5.85. The minimum Gasteiger partial charge on any atom is -0.354 e. The molecule has 2 aromatic rings. The number of rotatable bonds is 4. The van der Waals surface area contributed by atoms with E-state index in [1.165, 1.54) is 0 Å². The van der Waals surface area contributed by atoms with Gasteiger partial charge in [-0.15, -0.1) is 0 Å². The summed E-state index contributed by atoms with van der Waals surface area (Å²) in [6.45, 7) is 9.06. The van der Waals surface area contributed by atoms with Gasteiger partial charge in [0.05, 0.1) is 5.69 Å². The first-order valence-electron chi connectivity index (χ1n) is 8.06. The zero-order valence-electron chi connectivity index (χ0n) is 13.7. The highest BCUT2D eigenvalue weighted by molar-refractivity contribution is 9.10. The summed E-state index contributed by atoms with van der Waals surface area (Å²) in [5.41, 5.74) is 2.24.